The zero-order valence-electron chi connectivity index (χ0n) is 7.27. The molecule has 0 fully saturated rings. The molecule has 0 unspecified atom stereocenters. The molecule has 3 heteroatoms. The van der Waals surface area contributed by atoms with Gasteiger partial charge in [-0.25, -0.2) is 0 Å². The highest BCUT2D eigenvalue weighted by atomic mass is 79.9. The quantitative estimate of drug-likeness (QED) is 0.652. The zero-order chi connectivity index (χ0) is 8.69. The molecule has 0 heterocycles. The topological polar surface area (TPSA) is 20.3 Å². The molecule has 0 aromatic rings. The first kappa shape index (κ1) is 11.0. The van der Waals surface area contributed by atoms with Gasteiger partial charge in [-0.1, -0.05) is 22.9 Å². The molecule has 0 aliphatic heterocycles. The number of carbonyl (C=O) groups excluding carboxylic acids is 1. The van der Waals surface area contributed by atoms with Crippen LogP contribution < -0.4 is 0 Å². The first-order chi connectivity index (χ1) is 5.22. The lowest BCUT2D eigenvalue weighted by Crippen LogP contribution is -2.27. The van der Waals surface area contributed by atoms with E-state index >= 15 is 0 Å². The molecular weight excluding hydrogens is 206 g/mol. The van der Waals surface area contributed by atoms with Crippen molar-refractivity contribution in [2.45, 2.75) is 26.2 Å². The third kappa shape index (κ3) is 5.24. The fraction of sp³-hybridized carbons (Fsp3) is 0.875. The smallest absolute Gasteiger partial charge is 0.222 e. The van der Waals surface area contributed by atoms with E-state index in [1.54, 1.807) is 4.90 Å². The summed E-state index contributed by atoms with van der Waals surface area (Å²) in [6.45, 7) is 2.89. The lowest BCUT2D eigenvalue weighted by Gasteiger charge is -2.15. The molecule has 0 radical (unpaired) electrons. The van der Waals surface area contributed by atoms with Crippen molar-refractivity contribution in [1.29, 1.82) is 0 Å². The summed E-state index contributed by atoms with van der Waals surface area (Å²) in [6, 6.07) is 0. The first-order valence-corrected chi connectivity index (χ1v) is 5.14. The second-order valence-corrected chi connectivity index (χ2v) is 3.40. The summed E-state index contributed by atoms with van der Waals surface area (Å²) >= 11 is 3.33. The van der Waals surface area contributed by atoms with E-state index in [0.717, 1.165) is 24.7 Å². The lowest BCUT2D eigenvalue weighted by atomic mass is 10.3. The summed E-state index contributed by atoms with van der Waals surface area (Å²) in [4.78, 5) is 13.0. The highest BCUT2D eigenvalue weighted by molar-refractivity contribution is 9.09. The fourth-order valence-corrected chi connectivity index (χ4v) is 1.08. The van der Waals surface area contributed by atoms with Gasteiger partial charge in [-0.3, -0.25) is 4.79 Å². The average Bonchev–Trinajstić information content (AvgIpc) is 2.00. The summed E-state index contributed by atoms with van der Waals surface area (Å²) < 4.78 is 0. The van der Waals surface area contributed by atoms with Crippen molar-refractivity contribution in [3.05, 3.63) is 0 Å². The monoisotopic (exact) mass is 221 g/mol. The largest absolute Gasteiger partial charge is 0.346 e. The number of hydrogen-bond donors (Lipinski definition) is 0. The van der Waals surface area contributed by atoms with Crippen molar-refractivity contribution in [3.63, 3.8) is 0 Å². The van der Waals surface area contributed by atoms with Gasteiger partial charge in [0.25, 0.3) is 0 Å². The molecule has 0 bridgehead atoms. The van der Waals surface area contributed by atoms with Crippen molar-refractivity contribution in [1.82, 2.24) is 4.90 Å². The van der Waals surface area contributed by atoms with Crippen molar-refractivity contribution in [2.75, 3.05) is 18.9 Å². The molecule has 0 spiro atoms. The van der Waals surface area contributed by atoms with Crippen molar-refractivity contribution >= 4 is 21.8 Å². The van der Waals surface area contributed by atoms with Gasteiger partial charge in [0.05, 0.1) is 0 Å². The Bertz CT molecular complexity index is 117. The van der Waals surface area contributed by atoms with Crippen LogP contribution in [0, 0.1) is 0 Å². The Morgan fingerprint density at radius 3 is 2.64 bits per heavy atom. The van der Waals surface area contributed by atoms with Crippen LogP contribution in [0.1, 0.15) is 26.2 Å². The number of amides is 1. The number of alkyl halides is 1. The van der Waals surface area contributed by atoms with Crippen LogP contribution in [0.4, 0.5) is 0 Å². The van der Waals surface area contributed by atoms with Crippen LogP contribution in [0.2, 0.25) is 0 Å². The Balaban J connectivity index is 3.46. The number of hydrogen-bond acceptors (Lipinski definition) is 1. The van der Waals surface area contributed by atoms with Gasteiger partial charge >= 0.3 is 0 Å². The minimum atomic E-state index is 0.258. The third-order valence-corrected chi connectivity index (χ3v) is 2.08. The predicted molar refractivity (Wildman–Crippen MR) is 51.0 cm³/mol. The second-order valence-electron chi connectivity index (χ2n) is 2.61. The van der Waals surface area contributed by atoms with Gasteiger partial charge in [-0.15, -0.1) is 0 Å². The molecule has 0 rings (SSSR count). The van der Waals surface area contributed by atoms with Crippen molar-refractivity contribution < 1.29 is 4.79 Å². The average molecular weight is 222 g/mol. The molecule has 0 saturated heterocycles. The number of rotatable bonds is 5. The van der Waals surface area contributed by atoms with E-state index in [9.17, 15) is 4.79 Å². The third-order valence-electron chi connectivity index (χ3n) is 1.52. The maximum atomic E-state index is 11.2. The highest BCUT2D eigenvalue weighted by Crippen LogP contribution is 1.97. The van der Waals surface area contributed by atoms with Crippen molar-refractivity contribution in [2.24, 2.45) is 0 Å². The molecule has 0 aromatic carbocycles. The second kappa shape index (κ2) is 6.65. The summed E-state index contributed by atoms with van der Waals surface area (Å²) in [5.74, 6) is 0.258. The van der Waals surface area contributed by atoms with Crippen LogP contribution in [0.3, 0.4) is 0 Å². The summed E-state index contributed by atoms with van der Waals surface area (Å²) in [6.07, 6.45) is 2.65. The molecular formula is C8H16BrNO. The molecule has 2 nitrogen and oxygen atoms in total. The van der Waals surface area contributed by atoms with E-state index in [-0.39, 0.29) is 5.91 Å². The Labute approximate surface area is 77.1 Å². The molecule has 0 saturated carbocycles. The van der Waals surface area contributed by atoms with Gasteiger partial charge < -0.3 is 4.90 Å². The molecule has 0 aliphatic carbocycles. The predicted octanol–water partition coefficient (Wildman–Crippen LogP) is 2.03. The highest BCUT2D eigenvalue weighted by Gasteiger charge is 2.04. The van der Waals surface area contributed by atoms with E-state index in [1.807, 2.05) is 14.0 Å². The van der Waals surface area contributed by atoms with E-state index in [2.05, 4.69) is 15.9 Å². The van der Waals surface area contributed by atoms with E-state index in [1.165, 1.54) is 0 Å². The molecule has 1 amide bonds. The van der Waals surface area contributed by atoms with Crippen LogP contribution in [-0.2, 0) is 4.79 Å². The molecule has 0 N–H and O–H groups in total. The molecule has 66 valence electrons. The van der Waals surface area contributed by atoms with Gasteiger partial charge in [-0.2, -0.15) is 0 Å². The SMILES string of the molecule is CCCC(=O)N(C)CCCBr. The number of nitrogens with zero attached hydrogens (tertiary/aromatic N) is 1. The fourth-order valence-electron chi connectivity index (χ4n) is 0.826. The van der Waals surface area contributed by atoms with Gasteiger partial charge in [0, 0.05) is 25.3 Å². The first-order valence-electron chi connectivity index (χ1n) is 4.02. The van der Waals surface area contributed by atoms with Crippen LogP contribution in [-0.4, -0.2) is 29.7 Å². The number of carbonyl (C=O) groups is 1. The Kier molecular flexibility index (Phi) is 6.62. The minimum absolute atomic E-state index is 0.258. The maximum Gasteiger partial charge on any atom is 0.222 e. The zero-order valence-corrected chi connectivity index (χ0v) is 8.85. The van der Waals surface area contributed by atoms with Crippen LogP contribution in [0.15, 0.2) is 0 Å². The Morgan fingerprint density at radius 2 is 2.18 bits per heavy atom. The van der Waals surface area contributed by atoms with Gasteiger partial charge in [0.2, 0.25) is 5.91 Å². The molecule has 11 heavy (non-hydrogen) atoms. The van der Waals surface area contributed by atoms with Crippen molar-refractivity contribution in [3.8, 4) is 0 Å². The molecule has 0 aromatic heterocycles. The van der Waals surface area contributed by atoms with Crippen LogP contribution >= 0.6 is 15.9 Å². The molecule has 0 aliphatic rings. The number of halogens is 1. The minimum Gasteiger partial charge on any atom is -0.346 e. The van der Waals surface area contributed by atoms with E-state index < -0.39 is 0 Å². The summed E-state index contributed by atoms with van der Waals surface area (Å²) in [5.41, 5.74) is 0. The summed E-state index contributed by atoms with van der Waals surface area (Å²) in [5, 5.41) is 0.969. The van der Waals surface area contributed by atoms with Crippen LogP contribution in [0.25, 0.3) is 0 Å². The van der Waals surface area contributed by atoms with E-state index in [0.29, 0.717) is 6.42 Å². The van der Waals surface area contributed by atoms with Crippen LogP contribution in [0.5, 0.6) is 0 Å². The Hall–Kier alpha value is -0.0500. The standard InChI is InChI=1S/C8H16BrNO/c1-3-5-8(11)10(2)7-4-6-9/h3-7H2,1-2H3. The maximum absolute atomic E-state index is 11.2. The molecule has 0 atom stereocenters. The summed E-state index contributed by atoms with van der Waals surface area (Å²) in [7, 11) is 1.86. The normalized spacial score (nSPS) is 9.73. The van der Waals surface area contributed by atoms with Gasteiger partial charge in [-0.05, 0) is 12.8 Å². The lowest BCUT2D eigenvalue weighted by molar-refractivity contribution is -0.129. The Morgan fingerprint density at radius 1 is 1.55 bits per heavy atom. The van der Waals surface area contributed by atoms with Gasteiger partial charge in [0.15, 0.2) is 0 Å². The van der Waals surface area contributed by atoms with Gasteiger partial charge in [0.1, 0.15) is 0 Å². The van der Waals surface area contributed by atoms with E-state index in [4.69, 9.17) is 0 Å².